The number of carbonyl (C=O) groups excluding carboxylic acids is 1. The second-order valence-electron chi connectivity index (χ2n) is 8.50. The van der Waals surface area contributed by atoms with Crippen LogP contribution in [-0.4, -0.2) is 44.8 Å². The molecule has 0 radical (unpaired) electrons. The standard InChI is InChI=1S/C23H29N3O3/c1-17-7-3-4-8-20(17)23(11-5-2-6-12-23)22(29)25-13-9-19(10-14-25)26-16-18(15-24-26)21(27)28/h3-4,7-8,15-16,19H,2,5-6,9-14H2,1H3,(H,27,28). The first-order chi connectivity index (χ1) is 14.0. The third-order valence-corrected chi connectivity index (χ3v) is 6.75. The van der Waals surface area contributed by atoms with Gasteiger partial charge < -0.3 is 10.0 Å². The minimum atomic E-state index is -0.957. The highest BCUT2D eigenvalue weighted by atomic mass is 16.4. The van der Waals surface area contributed by atoms with E-state index in [1.54, 1.807) is 10.9 Å². The zero-order valence-electron chi connectivity index (χ0n) is 17.0. The number of carboxylic acids is 1. The van der Waals surface area contributed by atoms with Crippen LogP contribution in [0.25, 0.3) is 0 Å². The summed E-state index contributed by atoms with van der Waals surface area (Å²) in [7, 11) is 0. The van der Waals surface area contributed by atoms with E-state index in [2.05, 4.69) is 30.2 Å². The van der Waals surface area contributed by atoms with Crippen LogP contribution >= 0.6 is 0 Å². The van der Waals surface area contributed by atoms with Crippen LogP contribution in [0, 0.1) is 6.92 Å². The van der Waals surface area contributed by atoms with E-state index in [9.17, 15) is 9.59 Å². The topological polar surface area (TPSA) is 75.4 Å². The smallest absolute Gasteiger partial charge is 0.338 e. The lowest BCUT2D eigenvalue weighted by Crippen LogP contribution is -2.51. The largest absolute Gasteiger partial charge is 0.478 e. The molecule has 2 aliphatic rings. The number of hydrogen-bond donors (Lipinski definition) is 1. The summed E-state index contributed by atoms with van der Waals surface area (Å²) in [5.74, 6) is -0.682. The van der Waals surface area contributed by atoms with E-state index >= 15 is 0 Å². The van der Waals surface area contributed by atoms with Crippen molar-refractivity contribution in [3.05, 3.63) is 53.3 Å². The molecule has 4 rings (SSSR count). The molecule has 6 nitrogen and oxygen atoms in total. The number of carbonyl (C=O) groups is 2. The molecule has 1 aliphatic carbocycles. The Morgan fingerprint density at radius 1 is 1.10 bits per heavy atom. The summed E-state index contributed by atoms with van der Waals surface area (Å²) in [6.45, 7) is 3.50. The van der Waals surface area contributed by atoms with Crippen molar-refractivity contribution in [1.82, 2.24) is 14.7 Å². The van der Waals surface area contributed by atoms with E-state index in [-0.39, 0.29) is 17.5 Å². The van der Waals surface area contributed by atoms with Gasteiger partial charge in [-0.15, -0.1) is 0 Å². The predicted octanol–water partition coefficient (Wildman–Crippen LogP) is 3.96. The molecule has 1 aromatic heterocycles. The van der Waals surface area contributed by atoms with Crippen LogP contribution in [-0.2, 0) is 10.2 Å². The molecule has 1 aromatic carbocycles. The molecule has 1 amide bonds. The number of hydrogen-bond acceptors (Lipinski definition) is 3. The summed E-state index contributed by atoms with van der Waals surface area (Å²) < 4.78 is 1.75. The Labute approximate surface area is 171 Å². The summed E-state index contributed by atoms with van der Waals surface area (Å²) in [5, 5.41) is 13.3. The van der Waals surface area contributed by atoms with Crippen LogP contribution in [0.5, 0.6) is 0 Å². The van der Waals surface area contributed by atoms with E-state index < -0.39 is 11.4 Å². The lowest BCUT2D eigenvalue weighted by molar-refractivity contribution is -0.140. The van der Waals surface area contributed by atoms with Crippen molar-refractivity contribution < 1.29 is 14.7 Å². The Morgan fingerprint density at radius 3 is 2.41 bits per heavy atom. The minimum Gasteiger partial charge on any atom is -0.478 e. The number of rotatable bonds is 4. The lowest BCUT2D eigenvalue weighted by Gasteiger charge is -2.43. The van der Waals surface area contributed by atoms with Crippen molar-refractivity contribution in [2.75, 3.05) is 13.1 Å². The van der Waals surface area contributed by atoms with E-state index in [0.717, 1.165) is 38.5 Å². The monoisotopic (exact) mass is 395 g/mol. The van der Waals surface area contributed by atoms with Crippen LogP contribution in [0.15, 0.2) is 36.7 Å². The highest BCUT2D eigenvalue weighted by Crippen LogP contribution is 2.43. The molecule has 2 heterocycles. The van der Waals surface area contributed by atoms with Crippen molar-refractivity contribution in [1.29, 1.82) is 0 Å². The van der Waals surface area contributed by atoms with Crippen LogP contribution < -0.4 is 0 Å². The highest BCUT2D eigenvalue weighted by Gasteiger charge is 2.44. The first-order valence-corrected chi connectivity index (χ1v) is 10.6. The zero-order valence-corrected chi connectivity index (χ0v) is 17.0. The van der Waals surface area contributed by atoms with E-state index in [4.69, 9.17) is 5.11 Å². The Kier molecular flexibility index (Phi) is 5.43. The summed E-state index contributed by atoms with van der Waals surface area (Å²) in [4.78, 5) is 26.9. The normalized spacial score (nSPS) is 19.8. The van der Waals surface area contributed by atoms with Gasteiger partial charge in [-0.1, -0.05) is 43.5 Å². The molecule has 2 aromatic rings. The molecule has 0 bridgehead atoms. The molecule has 1 saturated carbocycles. The number of piperidine rings is 1. The van der Waals surface area contributed by atoms with Gasteiger partial charge in [0.15, 0.2) is 0 Å². The van der Waals surface area contributed by atoms with Gasteiger partial charge in [-0.2, -0.15) is 5.10 Å². The predicted molar refractivity (Wildman–Crippen MR) is 110 cm³/mol. The molecule has 0 atom stereocenters. The number of benzene rings is 1. The Balaban J connectivity index is 1.51. The summed E-state index contributed by atoms with van der Waals surface area (Å²) in [5.41, 5.74) is 2.23. The molecule has 29 heavy (non-hydrogen) atoms. The van der Waals surface area contributed by atoms with Crippen molar-refractivity contribution in [3.63, 3.8) is 0 Å². The Morgan fingerprint density at radius 2 is 1.79 bits per heavy atom. The zero-order chi connectivity index (χ0) is 20.4. The maximum absolute atomic E-state index is 13.8. The number of amides is 1. The number of aromatic nitrogens is 2. The van der Waals surface area contributed by atoms with Gasteiger partial charge in [0.05, 0.1) is 23.2 Å². The van der Waals surface area contributed by atoms with E-state index in [1.165, 1.54) is 23.7 Å². The average molecular weight is 396 g/mol. The van der Waals surface area contributed by atoms with Crippen molar-refractivity contribution in [3.8, 4) is 0 Å². The maximum atomic E-state index is 13.8. The first kappa shape index (κ1) is 19.7. The maximum Gasteiger partial charge on any atom is 0.338 e. The van der Waals surface area contributed by atoms with E-state index in [1.807, 2.05) is 11.0 Å². The fourth-order valence-corrected chi connectivity index (χ4v) is 5.15. The second kappa shape index (κ2) is 8.01. The van der Waals surface area contributed by atoms with Gasteiger partial charge in [-0.25, -0.2) is 4.79 Å². The fraction of sp³-hybridized carbons (Fsp3) is 0.522. The van der Waals surface area contributed by atoms with Crippen LogP contribution in [0.3, 0.4) is 0 Å². The molecule has 1 aliphatic heterocycles. The second-order valence-corrected chi connectivity index (χ2v) is 8.50. The Hall–Kier alpha value is -2.63. The molecule has 1 N–H and O–H groups in total. The van der Waals surface area contributed by atoms with Gasteiger partial charge in [-0.3, -0.25) is 9.48 Å². The fourth-order valence-electron chi connectivity index (χ4n) is 5.15. The van der Waals surface area contributed by atoms with Gasteiger partial charge in [-0.05, 0) is 43.7 Å². The van der Waals surface area contributed by atoms with Crippen LogP contribution in [0.4, 0.5) is 0 Å². The van der Waals surface area contributed by atoms with Crippen LogP contribution in [0.1, 0.15) is 72.5 Å². The van der Waals surface area contributed by atoms with Crippen molar-refractivity contribution in [2.24, 2.45) is 0 Å². The third kappa shape index (κ3) is 3.68. The summed E-state index contributed by atoms with van der Waals surface area (Å²) >= 11 is 0. The molecule has 0 unspecified atom stereocenters. The molecule has 2 fully saturated rings. The summed E-state index contributed by atoms with van der Waals surface area (Å²) in [6.07, 6.45) is 9.86. The molecule has 1 saturated heterocycles. The van der Waals surface area contributed by atoms with Gasteiger partial charge in [0.25, 0.3) is 0 Å². The first-order valence-electron chi connectivity index (χ1n) is 10.6. The summed E-state index contributed by atoms with van der Waals surface area (Å²) in [6, 6.07) is 8.50. The Bertz CT molecular complexity index is 890. The molecular formula is C23H29N3O3. The lowest BCUT2D eigenvalue weighted by atomic mass is 9.67. The SMILES string of the molecule is Cc1ccccc1C1(C(=O)N2CCC(n3cc(C(=O)O)cn3)CC2)CCCCC1. The number of likely N-dealkylation sites (tertiary alicyclic amines) is 1. The number of aromatic carboxylic acids is 1. The van der Waals surface area contributed by atoms with Gasteiger partial charge in [0.2, 0.25) is 5.91 Å². The van der Waals surface area contributed by atoms with Crippen molar-refractivity contribution in [2.45, 2.75) is 63.3 Å². The average Bonchev–Trinajstić information content (AvgIpc) is 3.25. The number of carboxylic acid groups (broad SMARTS) is 1. The third-order valence-electron chi connectivity index (χ3n) is 6.75. The molecule has 154 valence electrons. The van der Waals surface area contributed by atoms with Gasteiger partial charge in [0.1, 0.15) is 0 Å². The highest BCUT2D eigenvalue weighted by molar-refractivity contribution is 5.89. The quantitative estimate of drug-likeness (QED) is 0.850. The number of aryl methyl sites for hydroxylation is 1. The molecule has 0 spiro atoms. The van der Waals surface area contributed by atoms with Gasteiger partial charge >= 0.3 is 5.97 Å². The molecule has 6 heteroatoms. The van der Waals surface area contributed by atoms with E-state index in [0.29, 0.717) is 13.1 Å². The van der Waals surface area contributed by atoms with Crippen molar-refractivity contribution >= 4 is 11.9 Å². The minimum absolute atomic E-state index is 0.146. The molecular weight excluding hydrogens is 366 g/mol. The number of nitrogens with zero attached hydrogens (tertiary/aromatic N) is 3. The van der Waals surface area contributed by atoms with Crippen LogP contribution in [0.2, 0.25) is 0 Å². The van der Waals surface area contributed by atoms with Gasteiger partial charge in [0, 0.05) is 19.3 Å².